The number of aromatic nitrogens is 2. The third-order valence-corrected chi connectivity index (χ3v) is 3.39. The number of para-hydroxylation sites is 2. The summed E-state index contributed by atoms with van der Waals surface area (Å²) >= 11 is 1.27. The molecule has 0 spiro atoms. The Morgan fingerprint density at radius 2 is 2.00 bits per heavy atom. The van der Waals surface area contributed by atoms with E-state index in [4.69, 9.17) is 4.42 Å². The van der Waals surface area contributed by atoms with Gasteiger partial charge in [-0.3, -0.25) is 9.78 Å². The lowest BCUT2D eigenvalue weighted by Gasteiger charge is -2.02. The number of nitrogens with zero attached hydrogens (tertiary/aromatic N) is 2. The van der Waals surface area contributed by atoms with Crippen LogP contribution in [-0.2, 0) is 4.79 Å². The Hall–Kier alpha value is -2.34. The number of fused-ring (bicyclic) bond motifs is 1. The molecule has 1 aromatic carbocycles. The fourth-order valence-electron chi connectivity index (χ4n) is 1.67. The summed E-state index contributed by atoms with van der Waals surface area (Å²) in [7, 11) is 0. The number of anilines is 1. The molecule has 1 N–H and O–H groups in total. The second kappa shape index (κ2) is 5.75. The highest BCUT2D eigenvalue weighted by Gasteiger charge is 2.09. The number of benzene rings is 1. The molecule has 1 amide bonds. The average Bonchev–Trinajstić information content (AvgIpc) is 2.89. The van der Waals surface area contributed by atoms with Gasteiger partial charge in [0.05, 0.1) is 5.75 Å². The van der Waals surface area contributed by atoms with Crippen LogP contribution in [0, 0.1) is 0 Å². The number of rotatable bonds is 4. The predicted molar refractivity (Wildman–Crippen MR) is 77.6 cm³/mol. The maximum Gasteiger partial charge on any atom is 0.257 e. The minimum absolute atomic E-state index is 0.108. The van der Waals surface area contributed by atoms with Gasteiger partial charge in [-0.1, -0.05) is 23.9 Å². The molecule has 0 saturated carbocycles. The summed E-state index contributed by atoms with van der Waals surface area (Å²) in [4.78, 5) is 20.0. The van der Waals surface area contributed by atoms with E-state index in [2.05, 4.69) is 15.3 Å². The first-order chi connectivity index (χ1) is 9.81. The topological polar surface area (TPSA) is 68.0 Å². The van der Waals surface area contributed by atoms with Crippen molar-refractivity contribution in [2.24, 2.45) is 0 Å². The van der Waals surface area contributed by atoms with Crippen molar-refractivity contribution < 1.29 is 9.21 Å². The number of nitrogens with one attached hydrogen (secondary N) is 1. The zero-order valence-corrected chi connectivity index (χ0v) is 11.3. The summed E-state index contributed by atoms with van der Waals surface area (Å²) in [6, 6.07) is 11.0. The van der Waals surface area contributed by atoms with Crippen LogP contribution in [0.25, 0.3) is 11.1 Å². The van der Waals surface area contributed by atoms with Crippen LogP contribution in [0.2, 0.25) is 0 Å². The Bertz CT molecular complexity index is 694. The Kier molecular flexibility index (Phi) is 3.64. The predicted octanol–water partition coefficient (Wildman–Crippen LogP) is 2.95. The molecule has 0 fully saturated rings. The molecule has 20 heavy (non-hydrogen) atoms. The maximum atomic E-state index is 11.8. The van der Waals surface area contributed by atoms with E-state index >= 15 is 0 Å². The number of carbonyl (C=O) groups is 1. The lowest BCUT2D eigenvalue weighted by atomic mass is 10.3. The van der Waals surface area contributed by atoms with Crippen molar-refractivity contribution in [3.8, 4) is 0 Å². The van der Waals surface area contributed by atoms with E-state index in [1.807, 2.05) is 24.3 Å². The van der Waals surface area contributed by atoms with Gasteiger partial charge >= 0.3 is 0 Å². The van der Waals surface area contributed by atoms with Gasteiger partial charge in [-0.15, -0.1) is 0 Å². The summed E-state index contributed by atoms with van der Waals surface area (Å²) in [6.07, 6.45) is 3.26. The highest BCUT2D eigenvalue weighted by Crippen LogP contribution is 2.23. The molecule has 0 atom stereocenters. The second-order valence-corrected chi connectivity index (χ2v) is 4.95. The molecule has 0 aliphatic rings. The van der Waals surface area contributed by atoms with E-state index < -0.39 is 0 Å². The van der Waals surface area contributed by atoms with Gasteiger partial charge in [-0.2, -0.15) is 0 Å². The minimum Gasteiger partial charge on any atom is -0.431 e. The van der Waals surface area contributed by atoms with Crippen molar-refractivity contribution >= 4 is 34.5 Å². The Balaban J connectivity index is 1.60. The van der Waals surface area contributed by atoms with Gasteiger partial charge in [0.15, 0.2) is 5.58 Å². The zero-order valence-electron chi connectivity index (χ0n) is 10.4. The van der Waals surface area contributed by atoms with Crippen molar-refractivity contribution in [1.82, 2.24) is 9.97 Å². The first-order valence-electron chi connectivity index (χ1n) is 5.99. The molecule has 0 aliphatic carbocycles. The largest absolute Gasteiger partial charge is 0.431 e. The number of thioether (sulfide) groups is 1. The molecule has 0 aliphatic heterocycles. The summed E-state index contributed by atoms with van der Waals surface area (Å²) < 4.78 is 5.53. The highest BCUT2D eigenvalue weighted by molar-refractivity contribution is 7.99. The SMILES string of the molecule is O=C(CSc1nc2ccccc2o1)Nc1ccncc1. The second-order valence-electron chi connectivity index (χ2n) is 4.02. The number of pyridine rings is 1. The van der Waals surface area contributed by atoms with Crippen molar-refractivity contribution in [3.63, 3.8) is 0 Å². The zero-order chi connectivity index (χ0) is 13.8. The van der Waals surface area contributed by atoms with Crippen LogP contribution in [0.3, 0.4) is 0 Å². The first kappa shape index (κ1) is 12.7. The van der Waals surface area contributed by atoms with Crippen molar-refractivity contribution in [2.45, 2.75) is 5.22 Å². The molecule has 0 unspecified atom stereocenters. The summed E-state index contributed by atoms with van der Waals surface area (Å²) in [5.74, 6) is 0.137. The quantitative estimate of drug-likeness (QED) is 0.746. The van der Waals surface area contributed by atoms with Crippen LogP contribution in [0.15, 0.2) is 58.4 Å². The summed E-state index contributed by atoms with van der Waals surface area (Å²) in [6.45, 7) is 0. The fraction of sp³-hybridized carbons (Fsp3) is 0.0714. The third-order valence-electron chi connectivity index (χ3n) is 2.57. The van der Waals surface area contributed by atoms with Crippen LogP contribution in [0.1, 0.15) is 0 Å². The number of amides is 1. The van der Waals surface area contributed by atoms with Crippen LogP contribution in [0.4, 0.5) is 5.69 Å². The molecule has 3 aromatic rings. The molecular weight excluding hydrogens is 274 g/mol. The maximum absolute atomic E-state index is 11.8. The average molecular weight is 285 g/mol. The van der Waals surface area contributed by atoms with Gasteiger partial charge in [0.25, 0.3) is 5.22 Å². The summed E-state index contributed by atoms with van der Waals surface area (Å²) in [5, 5.41) is 3.27. The van der Waals surface area contributed by atoms with Gasteiger partial charge in [-0.25, -0.2) is 4.98 Å². The molecule has 100 valence electrons. The lowest BCUT2D eigenvalue weighted by Crippen LogP contribution is -2.13. The minimum atomic E-state index is -0.108. The molecule has 3 rings (SSSR count). The Morgan fingerprint density at radius 3 is 2.80 bits per heavy atom. The number of hydrogen-bond donors (Lipinski definition) is 1. The van der Waals surface area contributed by atoms with Gasteiger partial charge in [-0.05, 0) is 24.3 Å². The van der Waals surface area contributed by atoms with Crippen LogP contribution >= 0.6 is 11.8 Å². The van der Waals surface area contributed by atoms with Gasteiger partial charge < -0.3 is 9.73 Å². The van der Waals surface area contributed by atoms with Crippen LogP contribution in [-0.4, -0.2) is 21.6 Å². The Morgan fingerprint density at radius 1 is 1.20 bits per heavy atom. The molecule has 0 radical (unpaired) electrons. The van der Waals surface area contributed by atoms with Gasteiger partial charge in [0.2, 0.25) is 5.91 Å². The number of oxazole rings is 1. The third kappa shape index (κ3) is 2.97. The molecular formula is C14H11N3O2S. The number of carbonyl (C=O) groups excluding carboxylic acids is 1. The molecule has 0 bridgehead atoms. The Labute approximate surface area is 119 Å². The van der Waals surface area contributed by atoms with E-state index in [0.29, 0.717) is 5.22 Å². The van der Waals surface area contributed by atoms with E-state index in [1.165, 1.54) is 11.8 Å². The smallest absolute Gasteiger partial charge is 0.257 e. The van der Waals surface area contributed by atoms with Gasteiger partial charge in [0.1, 0.15) is 5.52 Å². The fourth-order valence-corrected chi connectivity index (χ4v) is 2.31. The standard InChI is InChI=1S/C14H11N3O2S/c18-13(16-10-5-7-15-8-6-10)9-20-14-17-11-3-1-2-4-12(11)19-14/h1-8H,9H2,(H,15,16,18). The van der Waals surface area contributed by atoms with E-state index in [0.717, 1.165) is 16.8 Å². The van der Waals surface area contributed by atoms with E-state index in [9.17, 15) is 4.79 Å². The first-order valence-corrected chi connectivity index (χ1v) is 6.98. The van der Waals surface area contributed by atoms with E-state index in [1.54, 1.807) is 24.5 Å². The van der Waals surface area contributed by atoms with Crippen LogP contribution in [0.5, 0.6) is 0 Å². The monoisotopic (exact) mass is 285 g/mol. The summed E-state index contributed by atoms with van der Waals surface area (Å²) in [5.41, 5.74) is 2.25. The lowest BCUT2D eigenvalue weighted by molar-refractivity contribution is -0.113. The van der Waals surface area contributed by atoms with E-state index in [-0.39, 0.29) is 11.7 Å². The molecule has 2 heterocycles. The molecule has 0 saturated heterocycles. The van der Waals surface area contributed by atoms with Crippen molar-refractivity contribution in [1.29, 1.82) is 0 Å². The van der Waals surface area contributed by atoms with Crippen molar-refractivity contribution in [2.75, 3.05) is 11.1 Å². The van der Waals surface area contributed by atoms with Crippen LogP contribution < -0.4 is 5.32 Å². The van der Waals surface area contributed by atoms with Gasteiger partial charge in [0, 0.05) is 18.1 Å². The highest BCUT2D eigenvalue weighted by atomic mass is 32.2. The molecule has 2 aromatic heterocycles. The number of hydrogen-bond acceptors (Lipinski definition) is 5. The normalized spacial score (nSPS) is 10.6. The molecule has 5 nitrogen and oxygen atoms in total. The van der Waals surface area contributed by atoms with Crippen molar-refractivity contribution in [3.05, 3.63) is 48.8 Å². The molecule has 6 heteroatoms.